The highest BCUT2D eigenvalue weighted by atomic mass is 32.1. The lowest BCUT2D eigenvalue weighted by Gasteiger charge is -2.08. The first-order chi connectivity index (χ1) is 13.3. The minimum absolute atomic E-state index is 0.161. The van der Waals surface area contributed by atoms with Gasteiger partial charge >= 0.3 is 0 Å². The summed E-state index contributed by atoms with van der Waals surface area (Å²) in [7, 11) is 0. The molecule has 4 rings (SSSR count). The average molecular weight is 400 g/mol. The van der Waals surface area contributed by atoms with Crippen molar-refractivity contribution >= 4 is 43.4 Å². The Bertz CT molecular complexity index is 1310. The van der Waals surface area contributed by atoms with E-state index in [0.29, 0.717) is 21.1 Å². The number of halogens is 2. The summed E-state index contributed by atoms with van der Waals surface area (Å²) in [6.45, 7) is 3.46. The van der Waals surface area contributed by atoms with Crippen molar-refractivity contribution in [2.75, 3.05) is 5.32 Å². The van der Waals surface area contributed by atoms with Gasteiger partial charge in [0.2, 0.25) is 5.91 Å². The summed E-state index contributed by atoms with van der Waals surface area (Å²) >= 11 is 1.23. The Hall–Kier alpha value is -3.20. The third kappa shape index (κ3) is 3.13. The number of amides is 1. The molecule has 1 amide bonds. The molecule has 3 heterocycles. The lowest BCUT2D eigenvalue weighted by atomic mass is 10.1. The first kappa shape index (κ1) is 18.2. The molecule has 0 saturated carbocycles. The van der Waals surface area contributed by atoms with Gasteiger partial charge in [0, 0.05) is 17.1 Å². The molecule has 0 aliphatic rings. The molecule has 28 heavy (non-hydrogen) atoms. The van der Waals surface area contributed by atoms with Crippen molar-refractivity contribution in [3.63, 3.8) is 0 Å². The van der Waals surface area contributed by atoms with Crippen LogP contribution in [0.25, 0.3) is 20.4 Å². The van der Waals surface area contributed by atoms with E-state index in [0.717, 1.165) is 33.3 Å². The second-order valence-corrected chi connectivity index (χ2v) is 7.39. The lowest BCUT2D eigenvalue weighted by molar-refractivity contribution is -0.116. The van der Waals surface area contributed by atoms with E-state index in [1.165, 1.54) is 17.7 Å². The number of aryl methyl sites for hydroxylation is 2. The van der Waals surface area contributed by atoms with Crippen molar-refractivity contribution in [1.82, 2.24) is 14.5 Å². The molecule has 0 radical (unpaired) electrons. The Morgan fingerprint density at radius 2 is 2.04 bits per heavy atom. The van der Waals surface area contributed by atoms with Crippen LogP contribution in [-0.4, -0.2) is 20.4 Å². The highest BCUT2D eigenvalue weighted by Crippen LogP contribution is 2.31. The van der Waals surface area contributed by atoms with Gasteiger partial charge in [-0.3, -0.25) is 14.2 Å². The smallest absolute Gasteiger partial charge is 0.271 e. The van der Waals surface area contributed by atoms with Crippen LogP contribution in [0.15, 0.2) is 35.4 Å². The molecule has 0 bridgehead atoms. The summed E-state index contributed by atoms with van der Waals surface area (Å²) in [4.78, 5) is 34.5. The summed E-state index contributed by atoms with van der Waals surface area (Å²) < 4.78 is 28.2. The van der Waals surface area contributed by atoms with Crippen molar-refractivity contribution in [3.05, 3.63) is 63.8 Å². The molecule has 142 valence electrons. The fourth-order valence-corrected chi connectivity index (χ4v) is 4.25. The van der Waals surface area contributed by atoms with Crippen molar-refractivity contribution in [3.8, 4) is 0 Å². The second-order valence-electron chi connectivity index (χ2n) is 6.39. The van der Waals surface area contributed by atoms with Crippen LogP contribution >= 0.6 is 11.3 Å². The number of carbonyl (C=O) groups is 1. The fraction of sp³-hybridized carbons (Fsp3) is 0.158. The minimum atomic E-state index is -0.893. The molecule has 0 atom stereocenters. The topological polar surface area (TPSA) is 76.9 Å². The summed E-state index contributed by atoms with van der Waals surface area (Å²) in [5.41, 5.74) is 1.84. The van der Waals surface area contributed by atoms with Crippen LogP contribution < -0.4 is 10.9 Å². The molecule has 0 spiro atoms. The number of hydrogen-bond acceptors (Lipinski definition) is 5. The molecule has 0 aliphatic carbocycles. The van der Waals surface area contributed by atoms with Gasteiger partial charge in [-0.1, -0.05) is 0 Å². The van der Waals surface area contributed by atoms with E-state index >= 15 is 0 Å². The van der Waals surface area contributed by atoms with E-state index in [1.54, 1.807) is 0 Å². The molecule has 0 unspecified atom stereocenters. The molecule has 9 heteroatoms. The molecule has 6 nitrogen and oxygen atoms in total. The van der Waals surface area contributed by atoms with Gasteiger partial charge in [0.15, 0.2) is 0 Å². The van der Waals surface area contributed by atoms with Gasteiger partial charge < -0.3 is 5.32 Å². The largest absolute Gasteiger partial charge is 0.322 e. The zero-order valence-electron chi connectivity index (χ0n) is 14.9. The number of rotatable bonds is 3. The maximum Gasteiger partial charge on any atom is 0.271 e. The number of carbonyl (C=O) groups excluding carboxylic acids is 1. The Kier molecular flexibility index (Phi) is 4.38. The van der Waals surface area contributed by atoms with Crippen LogP contribution in [0.3, 0.4) is 0 Å². The molecule has 1 N–H and O–H groups in total. The molecular formula is C19H14F2N4O2S. The third-order valence-corrected chi connectivity index (χ3v) is 5.32. The maximum atomic E-state index is 13.7. The van der Waals surface area contributed by atoms with Crippen molar-refractivity contribution in [2.24, 2.45) is 0 Å². The number of anilines is 1. The molecule has 0 fully saturated rings. The van der Waals surface area contributed by atoms with Gasteiger partial charge in [-0.15, -0.1) is 11.3 Å². The Balaban J connectivity index is 1.68. The number of aromatic nitrogens is 3. The van der Waals surface area contributed by atoms with Crippen LogP contribution in [0.1, 0.15) is 11.3 Å². The Morgan fingerprint density at radius 3 is 2.79 bits per heavy atom. The van der Waals surface area contributed by atoms with Crippen LogP contribution in [0.5, 0.6) is 0 Å². The summed E-state index contributed by atoms with van der Waals surface area (Å²) in [6, 6.07) is 4.75. The van der Waals surface area contributed by atoms with E-state index in [-0.39, 0.29) is 17.8 Å². The number of fused-ring (bicyclic) bond motifs is 3. The number of thiophene rings is 1. The number of pyridine rings is 1. The first-order valence-electron chi connectivity index (χ1n) is 8.34. The summed E-state index contributed by atoms with van der Waals surface area (Å²) in [6.07, 6.45) is 1.29. The van der Waals surface area contributed by atoms with E-state index < -0.39 is 17.5 Å². The summed E-state index contributed by atoms with van der Waals surface area (Å²) in [5, 5.41) is 3.15. The Morgan fingerprint density at radius 1 is 1.25 bits per heavy atom. The SMILES string of the molecule is Cc1cc(C)c2c(n1)sc1c(=O)n(CC(=O)Nc3ccc(F)cc3F)cnc12. The van der Waals surface area contributed by atoms with Crippen molar-refractivity contribution < 1.29 is 13.6 Å². The number of nitrogens with one attached hydrogen (secondary N) is 1. The van der Waals surface area contributed by atoms with Crippen LogP contribution in [-0.2, 0) is 11.3 Å². The van der Waals surface area contributed by atoms with E-state index in [2.05, 4.69) is 15.3 Å². The van der Waals surface area contributed by atoms with Crippen LogP contribution in [0.4, 0.5) is 14.5 Å². The predicted octanol–water partition coefficient (Wildman–Crippen LogP) is 3.54. The minimum Gasteiger partial charge on any atom is -0.322 e. The van der Waals surface area contributed by atoms with Gasteiger partial charge in [-0.05, 0) is 37.6 Å². The van der Waals surface area contributed by atoms with E-state index in [9.17, 15) is 18.4 Å². The van der Waals surface area contributed by atoms with Gasteiger partial charge in [0.05, 0.1) is 17.5 Å². The van der Waals surface area contributed by atoms with Crippen LogP contribution in [0, 0.1) is 25.5 Å². The molecule has 0 aliphatic heterocycles. The van der Waals surface area contributed by atoms with E-state index in [4.69, 9.17) is 0 Å². The lowest BCUT2D eigenvalue weighted by Crippen LogP contribution is -2.27. The highest BCUT2D eigenvalue weighted by molar-refractivity contribution is 7.25. The van der Waals surface area contributed by atoms with Gasteiger partial charge in [0.1, 0.15) is 27.7 Å². The number of hydrogen-bond donors (Lipinski definition) is 1. The molecular weight excluding hydrogens is 386 g/mol. The predicted molar refractivity (Wildman–Crippen MR) is 104 cm³/mol. The molecule has 1 aromatic carbocycles. The number of benzene rings is 1. The van der Waals surface area contributed by atoms with Crippen molar-refractivity contribution in [2.45, 2.75) is 20.4 Å². The average Bonchev–Trinajstić information content (AvgIpc) is 2.99. The molecule has 0 saturated heterocycles. The van der Waals surface area contributed by atoms with Crippen molar-refractivity contribution in [1.29, 1.82) is 0 Å². The standard InChI is InChI=1S/C19H14F2N4O2S/c1-9-5-10(2)23-18-15(9)16-17(28-18)19(27)25(8-22-16)7-14(26)24-13-4-3-11(20)6-12(13)21/h3-6,8H,7H2,1-2H3,(H,24,26). The molecule has 3 aromatic heterocycles. The van der Waals surface area contributed by atoms with Gasteiger partial charge in [0.25, 0.3) is 5.56 Å². The molecule has 4 aromatic rings. The zero-order chi connectivity index (χ0) is 20.0. The van der Waals surface area contributed by atoms with Gasteiger partial charge in [-0.25, -0.2) is 18.7 Å². The highest BCUT2D eigenvalue weighted by Gasteiger charge is 2.16. The second kappa shape index (κ2) is 6.75. The summed E-state index contributed by atoms with van der Waals surface area (Å²) in [5.74, 6) is -2.26. The quantitative estimate of drug-likeness (QED) is 0.571. The monoisotopic (exact) mass is 400 g/mol. The number of nitrogens with zero attached hydrogens (tertiary/aromatic N) is 3. The van der Waals surface area contributed by atoms with Crippen LogP contribution in [0.2, 0.25) is 0 Å². The third-order valence-electron chi connectivity index (χ3n) is 4.26. The Labute approximate surface area is 161 Å². The fourth-order valence-electron chi connectivity index (χ4n) is 3.05. The maximum absolute atomic E-state index is 13.7. The van der Waals surface area contributed by atoms with E-state index in [1.807, 2.05) is 19.9 Å². The van der Waals surface area contributed by atoms with Gasteiger partial charge in [-0.2, -0.15) is 0 Å². The first-order valence-corrected chi connectivity index (χ1v) is 9.16. The zero-order valence-corrected chi connectivity index (χ0v) is 15.7. The normalized spacial score (nSPS) is 11.3.